The van der Waals surface area contributed by atoms with Crippen molar-refractivity contribution in [2.75, 3.05) is 19.1 Å². The number of anilines is 1. The van der Waals surface area contributed by atoms with Crippen LogP contribution >= 0.6 is 0 Å². The van der Waals surface area contributed by atoms with Crippen LogP contribution in [0.25, 0.3) is 22.4 Å². The molecule has 1 aromatic heterocycles. The van der Waals surface area contributed by atoms with Crippen LogP contribution in [0, 0.1) is 0 Å². The smallest absolute Gasteiger partial charge is 0.306 e. The molecule has 0 aliphatic heterocycles. The zero-order chi connectivity index (χ0) is 16.6. The van der Waals surface area contributed by atoms with E-state index in [2.05, 4.69) is 9.97 Å². The minimum atomic E-state index is -3.60. The van der Waals surface area contributed by atoms with E-state index in [1.165, 1.54) is 13.2 Å². The lowest BCUT2D eigenvalue weighted by Gasteiger charge is -2.09. The predicted octanol–water partition coefficient (Wildman–Crippen LogP) is 2.16. The molecule has 0 aliphatic rings. The number of nitrogens with one attached hydrogen (secondary N) is 1. The number of fused-ring (bicyclic) bond motifs is 1. The molecule has 120 valence electrons. The maximum atomic E-state index is 11.2. The third-order valence-corrected chi connectivity index (χ3v) is 3.68. The number of methoxy groups -OCH3 is 1. The van der Waals surface area contributed by atoms with Gasteiger partial charge in [0, 0.05) is 11.8 Å². The molecule has 0 saturated carbocycles. The van der Waals surface area contributed by atoms with Gasteiger partial charge in [-0.1, -0.05) is 0 Å². The molecule has 23 heavy (non-hydrogen) atoms. The number of hydrogen-bond donors (Lipinski definition) is 2. The Morgan fingerprint density at radius 2 is 1.96 bits per heavy atom. The van der Waals surface area contributed by atoms with Gasteiger partial charge < -0.3 is 19.6 Å². The van der Waals surface area contributed by atoms with Crippen molar-refractivity contribution in [3.63, 3.8) is 0 Å². The summed E-state index contributed by atoms with van der Waals surface area (Å²) >= 11 is 0. The Balaban J connectivity index is 2.07. The molecule has 0 saturated heterocycles. The number of aromatic nitrogens is 2. The number of benzene rings is 2. The van der Waals surface area contributed by atoms with Gasteiger partial charge in [0.2, 0.25) is 0 Å². The van der Waals surface area contributed by atoms with Gasteiger partial charge in [-0.2, -0.15) is 8.42 Å². The first-order valence-electron chi connectivity index (χ1n) is 6.69. The van der Waals surface area contributed by atoms with Gasteiger partial charge in [0.25, 0.3) is 0 Å². The van der Waals surface area contributed by atoms with E-state index in [4.69, 9.17) is 14.7 Å². The number of nitrogens with two attached hydrogens (primary N) is 1. The van der Waals surface area contributed by atoms with E-state index in [9.17, 15) is 8.42 Å². The molecule has 0 aliphatic carbocycles. The maximum absolute atomic E-state index is 11.2. The molecule has 0 fully saturated rings. The first-order chi connectivity index (χ1) is 10.9. The minimum absolute atomic E-state index is 0.174. The number of ether oxygens (including phenoxy) is 1. The van der Waals surface area contributed by atoms with E-state index in [1.807, 2.05) is 6.07 Å². The first-order valence-corrected chi connectivity index (χ1v) is 8.50. The molecule has 2 aromatic carbocycles. The van der Waals surface area contributed by atoms with Crippen molar-refractivity contribution in [1.82, 2.24) is 9.97 Å². The number of aromatic amines is 1. The maximum Gasteiger partial charge on any atom is 0.306 e. The van der Waals surface area contributed by atoms with Gasteiger partial charge in [0.05, 0.1) is 30.0 Å². The normalized spacial score (nSPS) is 11.6. The Kier molecular flexibility index (Phi) is 3.61. The summed E-state index contributed by atoms with van der Waals surface area (Å²) in [6, 6.07) is 10.1. The van der Waals surface area contributed by atoms with Crippen molar-refractivity contribution < 1.29 is 17.3 Å². The molecule has 0 amide bonds. The van der Waals surface area contributed by atoms with Crippen molar-refractivity contribution in [2.45, 2.75) is 0 Å². The lowest BCUT2D eigenvalue weighted by Crippen LogP contribution is -2.05. The van der Waals surface area contributed by atoms with Gasteiger partial charge in [0.15, 0.2) is 0 Å². The fourth-order valence-electron chi connectivity index (χ4n) is 2.24. The summed E-state index contributed by atoms with van der Waals surface area (Å²) in [5.74, 6) is 1.21. The standard InChI is InChI=1S/C15H15N3O4S/c1-21-14-8-10(22-23(2,19)20)4-5-11(14)15-17-12-6-3-9(16)7-13(12)18-15/h3-8H,16H2,1-2H3,(H,17,18). The number of rotatable bonds is 4. The van der Waals surface area contributed by atoms with Gasteiger partial charge in [0.1, 0.15) is 17.3 Å². The molecule has 0 spiro atoms. The Bertz CT molecular complexity index is 980. The van der Waals surface area contributed by atoms with E-state index in [-0.39, 0.29) is 5.75 Å². The number of hydrogen-bond acceptors (Lipinski definition) is 6. The molecule has 8 heteroatoms. The summed E-state index contributed by atoms with van der Waals surface area (Å²) in [4.78, 5) is 7.66. The molecule has 0 atom stereocenters. The summed E-state index contributed by atoms with van der Waals surface area (Å²) in [7, 11) is -2.11. The second-order valence-corrected chi connectivity index (χ2v) is 6.59. The second-order valence-electron chi connectivity index (χ2n) is 5.01. The van der Waals surface area contributed by atoms with Gasteiger partial charge in [-0.3, -0.25) is 0 Å². The third-order valence-electron chi connectivity index (χ3n) is 3.18. The number of H-pyrrole nitrogens is 1. The van der Waals surface area contributed by atoms with Crippen molar-refractivity contribution >= 4 is 26.8 Å². The Morgan fingerprint density at radius 1 is 1.17 bits per heavy atom. The predicted molar refractivity (Wildman–Crippen MR) is 88.0 cm³/mol. The van der Waals surface area contributed by atoms with E-state index < -0.39 is 10.1 Å². The molecular formula is C15H15N3O4S. The third kappa shape index (κ3) is 3.21. The average molecular weight is 333 g/mol. The van der Waals surface area contributed by atoms with E-state index in [0.29, 0.717) is 22.8 Å². The zero-order valence-electron chi connectivity index (χ0n) is 12.5. The molecule has 1 heterocycles. The Labute approximate surface area is 133 Å². The van der Waals surface area contributed by atoms with Crippen LogP contribution in [0.5, 0.6) is 11.5 Å². The fraction of sp³-hybridized carbons (Fsp3) is 0.133. The molecule has 3 rings (SSSR count). The molecular weight excluding hydrogens is 318 g/mol. The topological polar surface area (TPSA) is 107 Å². The fourth-order valence-corrected chi connectivity index (χ4v) is 2.70. The van der Waals surface area contributed by atoms with Gasteiger partial charge >= 0.3 is 10.1 Å². The lowest BCUT2D eigenvalue weighted by molar-refractivity contribution is 0.413. The largest absolute Gasteiger partial charge is 0.496 e. The number of nitrogen functional groups attached to an aromatic ring is 1. The van der Waals surface area contributed by atoms with E-state index >= 15 is 0 Å². The quantitative estimate of drug-likeness (QED) is 0.559. The molecule has 7 nitrogen and oxygen atoms in total. The Hall–Kier alpha value is -2.74. The van der Waals surface area contributed by atoms with E-state index in [0.717, 1.165) is 17.3 Å². The highest BCUT2D eigenvalue weighted by atomic mass is 32.2. The van der Waals surface area contributed by atoms with Crippen LogP contribution in [0.2, 0.25) is 0 Å². The van der Waals surface area contributed by atoms with Crippen LogP contribution in [0.15, 0.2) is 36.4 Å². The minimum Gasteiger partial charge on any atom is -0.496 e. The first kappa shape index (κ1) is 15.2. The highest BCUT2D eigenvalue weighted by Crippen LogP contribution is 2.33. The van der Waals surface area contributed by atoms with Gasteiger partial charge in [-0.15, -0.1) is 0 Å². The summed E-state index contributed by atoms with van der Waals surface area (Å²) < 4.78 is 32.6. The van der Waals surface area contributed by atoms with Crippen molar-refractivity contribution in [1.29, 1.82) is 0 Å². The second kappa shape index (κ2) is 5.47. The SMILES string of the molecule is COc1cc(OS(C)(=O)=O)ccc1-c1nc2cc(N)ccc2[nH]1. The van der Waals surface area contributed by atoms with Gasteiger partial charge in [-0.05, 0) is 30.3 Å². The lowest BCUT2D eigenvalue weighted by atomic mass is 10.2. The highest BCUT2D eigenvalue weighted by molar-refractivity contribution is 7.86. The average Bonchev–Trinajstić information content (AvgIpc) is 2.88. The van der Waals surface area contributed by atoms with E-state index in [1.54, 1.807) is 24.3 Å². The van der Waals surface area contributed by atoms with Crippen molar-refractivity contribution in [3.05, 3.63) is 36.4 Å². The molecule has 3 aromatic rings. The highest BCUT2D eigenvalue weighted by Gasteiger charge is 2.14. The molecule has 3 N–H and O–H groups in total. The summed E-state index contributed by atoms with van der Waals surface area (Å²) in [5, 5.41) is 0. The van der Waals surface area contributed by atoms with Crippen LogP contribution in [-0.4, -0.2) is 31.8 Å². The van der Waals surface area contributed by atoms with Crippen LogP contribution < -0.4 is 14.7 Å². The summed E-state index contributed by atoms with van der Waals surface area (Å²) in [5.41, 5.74) is 8.64. The summed E-state index contributed by atoms with van der Waals surface area (Å²) in [6.07, 6.45) is 0.983. The van der Waals surface area contributed by atoms with Crippen LogP contribution in [0.3, 0.4) is 0 Å². The van der Waals surface area contributed by atoms with Crippen LogP contribution in [0.1, 0.15) is 0 Å². The molecule has 0 unspecified atom stereocenters. The van der Waals surface area contributed by atoms with Crippen LogP contribution in [0.4, 0.5) is 5.69 Å². The Morgan fingerprint density at radius 3 is 2.65 bits per heavy atom. The van der Waals surface area contributed by atoms with Crippen LogP contribution in [-0.2, 0) is 10.1 Å². The summed E-state index contributed by atoms with van der Waals surface area (Å²) in [6.45, 7) is 0. The molecule has 0 radical (unpaired) electrons. The number of nitrogens with zero attached hydrogens (tertiary/aromatic N) is 1. The zero-order valence-corrected chi connectivity index (χ0v) is 13.3. The number of imidazole rings is 1. The van der Waals surface area contributed by atoms with Crippen molar-refractivity contribution in [3.8, 4) is 22.9 Å². The van der Waals surface area contributed by atoms with Crippen molar-refractivity contribution in [2.24, 2.45) is 0 Å². The molecule has 0 bridgehead atoms. The monoisotopic (exact) mass is 333 g/mol. The van der Waals surface area contributed by atoms with Gasteiger partial charge in [-0.25, -0.2) is 4.98 Å².